The van der Waals surface area contributed by atoms with Gasteiger partial charge in [-0.3, -0.25) is 19.3 Å². The Balaban J connectivity index is 1.61. The Hall–Kier alpha value is -3.15. The highest BCUT2D eigenvalue weighted by atomic mass is 16.5. The third-order valence-electron chi connectivity index (χ3n) is 4.46. The summed E-state index contributed by atoms with van der Waals surface area (Å²) in [5, 5.41) is 2.68. The molecule has 0 fully saturated rings. The quantitative estimate of drug-likeness (QED) is 0.843. The Morgan fingerprint density at radius 1 is 1.00 bits per heavy atom. The van der Waals surface area contributed by atoms with Crippen LogP contribution in [0.3, 0.4) is 0 Å². The van der Waals surface area contributed by atoms with Crippen LogP contribution in [0.5, 0.6) is 5.75 Å². The topological polar surface area (TPSA) is 75.7 Å². The van der Waals surface area contributed by atoms with Crippen molar-refractivity contribution in [3.8, 4) is 5.75 Å². The Morgan fingerprint density at radius 2 is 1.63 bits per heavy atom. The average Bonchev–Trinajstić information content (AvgIpc) is 2.84. The van der Waals surface area contributed by atoms with Crippen molar-refractivity contribution in [1.29, 1.82) is 0 Å². The number of carbonyl (C=O) groups is 3. The maximum Gasteiger partial charge on any atom is 0.262 e. The molecule has 0 aromatic heterocycles. The maximum atomic E-state index is 12.1. The van der Waals surface area contributed by atoms with E-state index in [-0.39, 0.29) is 29.7 Å². The largest absolute Gasteiger partial charge is 0.484 e. The minimum absolute atomic E-state index is 0.0519. The van der Waals surface area contributed by atoms with Crippen LogP contribution in [0.1, 0.15) is 47.1 Å². The van der Waals surface area contributed by atoms with E-state index in [1.165, 1.54) is 18.7 Å². The van der Waals surface area contributed by atoms with Crippen LogP contribution in [-0.4, -0.2) is 36.3 Å². The molecule has 27 heavy (non-hydrogen) atoms. The van der Waals surface area contributed by atoms with Crippen molar-refractivity contribution in [2.24, 2.45) is 0 Å². The lowest BCUT2D eigenvalue weighted by Crippen LogP contribution is -2.24. The van der Waals surface area contributed by atoms with Gasteiger partial charge in [-0.15, -0.1) is 0 Å². The molecule has 6 nitrogen and oxygen atoms in total. The van der Waals surface area contributed by atoms with Gasteiger partial charge in [0.15, 0.2) is 6.61 Å². The molecule has 3 rings (SSSR count). The normalized spacial score (nSPS) is 13.6. The van der Waals surface area contributed by atoms with Crippen LogP contribution in [0.15, 0.2) is 42.5 Å². The second-order valence-electron chi connectivity index (χ2n) is 7.54. The first-order valence-corrected chi connectivity index (χ1v) is 8.66. The highest BCUT2D eigenvalue weighted by Crippen LogP contribution is 2.25. The first-order chi connectivity index (χ1) is 12.7. The Kier molecular flexibility index (Phi) is 4.74. The van der Waals surface area contributed by atoms with Gasteiger partial charge in [0.25, 0.3) is 17.7 Å². The predicted molar refractivity (Wildman–Crippen MR) is 102 cm³/mol. The molecule has 0 radical (unpaired) electrons. The fraction of sp³-hybridized carbons (Fsp3) is 0.286. The summed E-state index contributed by atoms with van der Waals surface area (Å²) in [4.78, 5) is 37.1. The fourth-order valence-corrected chi connectivity index (χ4v) is 2.84. The van der Waals surface area contributed by atoms with E-state index in [1.54, 1.807) is 12.1 Å². The number of hydrogen-bond acceptors (Lipinski definition) is 4. The van der Waals surface area contributed by atoms with E-state index in [9.17, 15) is 14.4 Å². The van der Waals surface area contributed by atoms with Crippen LogP contribution >= 0.6 is 0 Å². The van der Waals surface area contributed by atoms with Crippen molar-refractivity contribution in [2.75, 3.05) is 19.0 Å². The smallest absolute Gasteiger partial charge is 0.262 e. The SMILES string of the molecule is CN1C(=O)c2ccc(NC(=O)COc3ccc(C(C)(C)C)cc3)cc2C1=O. The molecule has 0 saturated heterocycles. The molecule has 1 heterocycles. The number of fused-ring (bicyclic) bond motifs is 1. The summed E-state index contributed by atoms with van der Waals surface area (Å²) < 4.78 is 5.51. The van der Waals surface area contributed by atoms with Crippen molar-refractivity contribution >= 4 is 23.4 Å². The summed E-state index contributed by atoms with van der Waals surface area (Å²) in [6, 6.07) is 12.3. The van der Waals surface area contributed by atoms with Gasteiger partial charge in [0.2, 0.25) is 0 Å². The molecule has 0 bridgehead atoms. The summed E-state index contributed by atoms with van der Waals surface area (Å²) in [6.07, 6.45) is 0. The zero-order valence-corrected chi connectivity index (χ0v) is 15.8. The molecule has 0 spiro atoms. The van der Waals surface area contributed by atoms with Crippen molar-refractivity contribution in [3.05, 3.63) is 59.2 Å². The molecular weight excluding hydrogens is 344 g/mol. The number of amides is 3. The van der Waals surface area contributed by atoms with Gasteiger partial charge in [-0.25, -0.2) is 0 Å². The van der Waals surface area contributed by atoms with E-state index >= 15 is 0 Å². The van der Waals surface area contributed by atoms with Gasteiger partial charge in [0, 0.05) is 12.7 Å². The van der Waals surface area contributed by atoms with Gasteiger partial charge < -0.3 is 10.1 Å². The highest BCUT2D eigenvalue weighted by molar-refractivity contribution is 6.21. The van der Waals surface area contributed by atoms with Gasteiger partial charge in [-0.2, -0.15) is 0 Å². The third-order valence-corrected chi connectivity index (χ3v) is 4.46. The lowest BCUT2D eigenvalue weighted by atomic mass is 9.87. The van der Waals surface area contributed by atoms with Gasteiger partial charge in [0.05, 0.1) is 11.1 Å². The fourth-order valence-electron chi connectivity index (χ4n) is 2.84. The van der Waals surface area contributed by atoms with Gasteiger partial charge in [0.1, 0.15) is 5.75 Å². The van der Waals surface area contributed by atoms with Crippen LogP contribution in [0, 0.1) is 0 Å². The average molecular weight is 366 g/mol. The summed E-state index contributed by atoms with van der Waals surface area (Å²) in [5.41, 5.74) is 2.31. The number of nitrogens with one attached hydrogen (secondary N) is 1. The molecule has 140 valence electrons. The first kappa shape index (κ1) is 18.6. The van der Waals surface area contributed by atoms with Crippen molar-refractivity contribution in [2.45, 2.75) is 26.2 Å². The first-order valence-electron chi connectivity index (χ1n) is 8.66. The van der Waals surface area contributed by atoms with E-state index in [2.05, 4.69) is 26.1 Å². The third kappa shape index (κ3) is 3.84. The van der Waals surface area contributed by atoms with Crippen molar-refractivity contribution in [1.82, 2.24) is 4.90 Å². The summed E-state index contributed by atoms with van der Waals surface area (Å²) in [7, 11) is 1.43. The summed E-state index contributed by atoms with van der Waals surface area (Å²) >= 11 is 0. The number of ether oxygens (including phenoxy) is 1. The molecule has 2 aromatic rings. The van der Waals surface area contributed by atoms with Crippen molar-refractivity contribution < 1.29 is 19.1 Å². The number of anilines is 1. The Morgan fingerprint density at radius 3 is 2.26 bits per heavy atom. The maximum absolute atomic E-state index is 12.1. The number of carbonyl (C=O) groups excluding carboxylic acids is 3. The van der Waals surface area contributed by atoms with E-state index < -0.39 is 0 Å². The summed E-state index contributed by atoms with van der Waals surface area (Å²) in [5.74, 6) is -0.453. The number of hydrogen-bond donors (Lipinski definition) is 1. The zero-order valence-electron chi connectivity index (χ0n) is 15.8. The molecule has 0 saturated carbocycles. The minimum Gasteiger partial charge on any atom is -0.484 e. The summed E-state index contributed by atoms with van der Waals surface area (Å²) in [6.45, 7) is 6.23. The minimum atomic E-state index is -0.374. The van der Waals surface area contributed by atoms with Gasteiger partial charge in [-0.05, 0) is 41.3 Å². The van der Waals surface area contributed by atoms with Crippen molar-refractivity contribution in [3.63, 3.8) is 0 Å². The molecule has 6 heteroatoms. The molecule has 0 aliphatic carbocycles. The highest BCUT2D eigenvalue weighted by Gasteiger charge is 2.32. The lowest BCUT2D eigenvalue weighted by molar-refractivity contribution is -0.118. The monoisotopic (exact) mass is 366 g/mol. The second-order valence-corrected chi connectivity index (χ2v) is 7.54. The lowest BCUT2D eigenvalue weighted by Gasteiger charge is -2.19. The predicted octanol–water partition coefficient (Wildman–Crippen LogP) is 3.23. The molecule has 2 aromatic carbocycles. The van der Waals surface area contributed by atoms with Gasteiger partial charge in [-0.1, -0.05) is 32.9 Å². The molecule has 1 N–H and O–H groups in total. The van der Waals surface area contributed by atoms with E-state index in [0.717, 1.165) is 4.90 Å². The van der Waals surface area contributed by atoms with E-state index in [1.807, 2.05) is 24.3 Å². The molecule has 0 unspecified atom stereocenters. The zero-order chi connectivity index (χ0) is 19.8. The van der Waals surface area contributed by atoms with Gasteiger partial charge >= 0.3 is 0 Å². The molecule has 0 atom stereocenters. The van der Waals surface area contributed by atoms with E-state index in [0.29, 0.717) is 22.6 Å². The standard InChI is InChI=1S/C21H22N2O4/c1-21(2,3)13-5-8-15(9-6-13)27-12-18(24)22-14-7-10-16-17(11-14)20(26)23(4)19(16)25/h5-11H,12H2,1-4H3,(H,22,24). The molecule has 3 amide bonds. The molecule has 1 aliphatic heterocycles. The number of rotatable bonds is 4. The number of imide groups is 1. The number of nitrogens with zero attached hydrogens (tertiary/aromatic N) is 1. The number of benzene rings is 2. The van der Waals surface area contributed by atoms with Crippen LogP contribution in [0.2, 0.25) is 0 Å². The van der Waals surface area contributed by atoms with Crippen LogP contribution < -0.4 is 10.1 Å². The van der Waals surface area contributed by atoms with E-state index in [4.69, 9.17) is 4.74 Å². The Labute approximate surface area is 158 Å². The molecule has 1 aliphatic rings. The Bertz CT molecular complexity index is 911. The van der Waals surface area contributed by atoms with Crippen LogP contribution in [-0.2, 0) is 10.2 Å². The second kappa shape index (κ2) is 6.87. The van der Waals surface area contributed by atoms with Crippen LogP contribution in [0.25, 0.3) is 0 Å². The van der Waals surface area contributed by atoms with Crippen LogP contribution in [0.4, 0.5) is 5.69 Å². The molecular formula is C21H22N2O4.